The van der Waals surface area contributed by atoms with Crippen LogP contribution in [0.1, 0.15) is 5.56 Å². The van der Waals surface area contributed by atoms with Gasteiger partial charge in [-0.3, -0.25) is 10.1 Å². The Hall–Kier alpha value is -1.66. The van der Waals surface area contributed by atoms with Crippen molar-refractivity contribution in [3.8, 4) is 0 Å². The van der Waals surface area contributed by atoms with Gasteiger partial charge in [0.25, 0.3) is 5.69 Å². The molecule has 6 heteroatoms. The molecule has 0 aliphatic heterocycles. The SMILES string of the molecule is CNc1ccc([N+](=O)[O-])cc1CN(C)CCN(C)C. The van der Waals surface area contributed by atoms with Gasteiger partial charge in [0.2, 0.25) is 0 Å². The molecule has 1 rings (SSSR count). The predicted molar refractivity (Wildman–Crippen MR) is 77.5 cm³/mol. The van der Waals surface area contributed by atoms with E-state index in [0.717, 1.165) is 24.3 Å². The van der Waals surface area contributed by atoms with E-state index in [4.69, 9.17) is 0 Å². The van der Waals surface area contributed by atoms with Crippen molar-refractivity contribution < 1.29 is 4.92 Å². The van der Waals surface area contributed by atoms with Crippen molar-refractivity contribution in [2.45, 2.75) is 6.54 Å². The summed E-state index contributed by atoms with van der Waals surface area (Å²) in [5, 5.41) is 13.9. The molecule has 6 nitrogen and oxygen atoms in total. The molecule has 0 fully saturated rings. The number of likely N-dealkylation sites (N-methyl/N-ethyl adjacent to an activating group) is 2. The van der Waals surface area contributed by atoms with Crippen LogP contribution >= 0.6 is 0 Å². The Morgan fingerprint density at radius 3 is 2.47 bits per heavy atom. The predicted octanol–water partition coefficient (Wildman–Crippen LogP) is 1.63. The second-order valence-electron chi connectivity index (χ2n) is 4.89. The monoisotopic (exact) mass is 266 g/mol. The van der Waals surface area contributed by atoms with E-state index in [1.54, 1.807) is 12.1 Å². The first-order chi connectivity index (χ1) is 8.93. The van der Waals surface area contributed by atoms with Gasteiger partial charge in [-0.05, 0) is 32.8 Å². The van der Waals surface area contributed by atoms with Crippen molar-refractivity contribution in [2.24, 2.45) is 0 Å². The summed E-state index contributed by atoms with van der Waals surface area (Å²) >= 11 is 0. The highest BCUT2D eigenvalue weighted by Gasteiger charge is 2.11. The van der Waals surface area contributed by atoms with Crippen molar-refractivity contribution in [2.75, 3.05) is 46.6 Å². The van der Waals surface area contributed by atoms with Crippen molar-refractivity contribution in [3.05, 3.63) is 33.9 Å². The van der Waals surface area contributed by atoms with Crippen LogP contribution in [0.15, 0.2) is 18.2 Å². The third-order valence-corrected chi connectivity index (χ3v) is 2.94. The number of nitro groups is 1. The van der Waals surface area contributed by atoms with E-state index in [0.29, 0.717) is 6.54 Å². The van der Waals surface area contributed by atoms with E-state index in [9.17, 15) is 10.1 Å². The fourth-order valence-electron chi connectivity index (χ4n) is 1.81. The Morgan fingerprint density at radius 1 is 1.26 bits per heavy atom. The van der Waals surface area contributed by atoms with Gasteiger partial charge < -0.3 is 15.1 Å². The number of rotatable bonds is 7. The third-order valence-electron chi connectivity index (χ3n) is 2.94. The van der Waals surface area contributed by atoms with E-state index >= 15 is 0 Å². The molecule has 0 radical (unpaired) electrons. The first-order valence-electron chi connectivity index (χ1n) is 6.22. The summed E-state index contributed by atoms with van der Waals surface area (Å²) in [6.45, 7) is 2.56. The number of hydrogen-bond donors (Lipinski definition) is 1. The molecule has 1 aromatic carbocycles. The molecule has 0 aliphatic rings. The molecule has 0 aliphatic carbocycles. The lowest BCUT2D eigenvalue weighted by molar-refractivity contribution is -0.384. The second kappa shape index (κ2) is 7.06. The minimum absolute atomic E-state index is 0.134. The summed E-state index contributed by atoms with van der Waals surface area (Å²) in [4.78, 5) is 14.7. The van der Waals surface area contributed by atoms with Crippen molar-refractivity contribution in [3.63, 3.8) is 0 Å². The largest absolute Gasteiger partial charge is 0.388 e. The molecular formula is C13H22N4O2. The Morgan fingerprint density at radius 2 is 1.95 bits per heavy atom. The maximum Gasteiger partial charge on any atom is 0.269 e. The molecule has 19 heavy (non-hydrogen) atoms. The van der Waals surface area contributed by atoms with Crippen LogP contribution in [0, 0.1) is 10.1 Å². The van der Waals surface area contributed by atoms with Gasteiger partial charge in [0, 0.05) is 44.5 Å². The first-order valence-corrected chi connectivity index (χ1v) is 6.22. The van der Waals surface area contributed by atoms with Crippen LogP contribution in [0.5, 0.6) is 0 Å². The standard InChI is InChI=1S/C13H22N4O2/c1-14-13-6-5-12(17(18)19)9-11(13)10-16(4)8-7-15(2)3/h5-6,9,14H,7-8,10H2,1-4H3. The average molecular weight is 266 g/mol. The minimum Gasteiger partial charge on any atom is -0.388 e. The van der Waals surface area contributed by atoms with Gasteiger partial charge in [0.15, 0.2) is 0 Å². The molecule has 0 atom stereocenters. The molecular weight excluding hydrogens is 244 g/mol. The lowest BCUT2D eigenvalue weighted by Crippen LogP contribution is -2.28. The molecule has 0 heterocycles. The number of anilines is 1. The zero-order chi connectivity index (χ0) is 14.4. The fraction of sp³-hybridized carbons (Fsp3) is 0.538. The van der Waals surface area contributed by atoms with Crippen LogP contribution < -0.4 is 5.32 Å². The Bertz CT molecular complexity index is 435. The number of non-ortho nitro benzene ring substituents is 1. The minimum atomic E-state index is -0.358. The molecule has 0 saturated heterocycles. The second-order valence-corrected chi connectivity index (χ2v) is 4.89. The lowest BCUT2D eigenvalue weighted by Gasteiger charge is -2.20. The third kappa shape index (κ3) is 4.84. The van der Waals surface area contributed by atoms with Gasteiger partial charge in [0.1, 0.15) is 0 Å². The van der Waals surface area contributed by atoms with Crippen molar-refractivity contribution in [1.29, 1.82) is 0 Å². The van der Waals surface area contributed by atoms with Gasteiger partial charge in [-0.2, -0.15) is 0 Å². The Kier molecular flexibility index (Phi) is 5.72. The van der Waals surface area contributed by atoms with Crippen LogP contribution in [0.2, 0.25) is 0 Å². The van der Waals surface area contributed by atoms with Crippen LogP contribution in [0.25, 0.3) is 0 Å². The van der Waals surface area contributed by atoms with E-state index < -0.39 is 0 Å². The number of benzene rings is 1. The summed E-state index contributed by atoms with van der Waals surface area (Å²) in [6.07, 6.45) is 0. The highest BCUT2D eigenvalue weighted by atomic mass is 16.6. The van der Waals surface area contributed by atoms with Crippen LogP contribution in [0.3, 0.4) is 0 Å². The highest BCUT2D eigenvalue weighted by Crippen LogP contribution is 2.22. The van der Waals surface area contributed by atoms with Gasteiger partial charge >= 0.3 is 0 Å². The molecule has 0 aromatic heterocycles. The maximum atomic E-state index is 10.8. The van der Waals surface area contributed by atoms with E-state index in [1.165, 1.54) is 6.07 Å². The molecule has 1 N–H and O–H groups in total. The lowest BCUT2D eigenvalue weighted by atomic mass is 10.1. The maximum absolute atomic E-state index is 10.8. The fourth-order valence-corrected chi connectivity index (χ4v) is 1.81. The zero-order valence-corrected chi connectivity index (χ0v) is 12.0. The van der Waals surface area contributed by atoms with Crippen LogP contribution in [0.4, 0.5) is 11.4 Å². The number of nitrogens with one attached hydrogen (secondary N) is 1. The molecule has 1 aromatic rings. The normalized spacial score (nSPS) is 11.1. The summed E-state index contributed by atoms with van der Waals surface area (Å²) in [6, 6.07) is 4.92. The smallest absolute Gasteiger partial charge is 0.269 e. The summed E-state index contributed by atoms with van der Waals surface area (Å²) < 4.78 is 0. The van der Waals surface area contributed by atoms with E-state index in [2.05, 4.69) is 15.1 Å². The summed E-state index contributed by atoms with van der Waals surface area (Å²) in [7, 11) is 7.90. The molecule has 106 valence electrons. The molecule has 0 saturated carbocycles. The van der Waals surface area contributed by atoms with Gasteiger partial charge in [-0.1, -0.05) is 0 Å². The number of nitro benzene ring substituents is 1. The topological polar surface area (TPSA) is 61.7 Å². The first kappa shape index (κ1) is 15.4. The Labute approximate surface area is 114 Å². The van der Waals surface area contributed by atoms with Gasteiger partial charge in [-0.15, -0.1) is 0 Å². The molecule has 0 bridgehead atoms. The number of nitrogens with zero attached hydrogens (tertiary/aromatic N) is 3. The van der Waals surface area contributed by atoms with E-state index in [-0.39, 0.29) is 10.6 Å². The molecule has 0 unspecified atom stereocenters. The van der Waals surface area contributed by atoms with Crippen LogP contribution in [-0.2, 0) is 6.54 Å². The number of hydrogen-bond acceptors (Lipinski definition) is 5. The summed E-state index contributed by atoms with van der Waals surface area (Å²) in [5.74, 6) is 0. The molecule has 0 amide bonds. The average Bonchev–Trinajstić information content (AvgIpc) is 2.36. The quantitative estimate of drug-likeness (QED) is 0.600. The summed E-state index contributed by atoms with van der Waals surface area (Å²) in [5.41, 5.74) is 2.01. The van der Waals surface area contributed by atoms with Crippen molar-refractivity contribution >= 4 is 11.4 Å². The zero-order valence-electron chi connectivity index (χ0n) is 12.0. The molecule has 0 spiro atoms. The van der Waals surface area contributed by atoms with Gasteiger partial charge in [-0.25, -0.2) is 0 Å². The van der Waals surface area contributed by atoms with Crippen molar-refractivity contribution in [1.82, 2.24) is 9.80 Å². The van der Waals surface area contributed by atoms with Gasteiger partial charge in [0.05, 0.1) is 4.92 Å². The Balaban J connectivity index is 2.79. The van der Waals surface area contributed by atoms with Crippen LogP contribution in [-0.4, -0.2) is 56.0 Å². The highest BCUT2D eigenvalue weighted by molar-refractivity contribution is 5.55. The van der Waals surface area contributed by atoms with E-state index in [1.807, 2.05) is 28.2 Å².